The lowest BCUT2D eigenvalue weighted by Crippen LogP contribution is -2.49. The van der Waals surface area contributed by atoms with Gasteiger partial charge in [0.1, 0.15) is 4.90 Å². The Morgan fingerprint density at radius 1 is 1.33 bits per heavy atom. The Labute approximate surface area is 123 Å². The fourth-order valence-corrected chi connectivity index (χ4v) is 4.27. The molecule has 0 atom stereocenters. The standard InChI is InChI=1S/C14H19N3O3S/c1-14(4-6-20-7-5-14)17-21(18,19)13-9-16-12-3-2-10(15)8-11(12)13/h2-3,8-9,16-17H,4-7,15H2,1H3. The van der Waals surface area contributed by atoms with E-state index in [2.05, 4.69) is 9.71 Å². The zero-order chi connectivity index (χ0) is 15.1. The van der Waals surface area contributed by atoms with Gasteiger partial charge in [0, 0.05) is 41.5 Å². The van der Waals surface area contributed by atoms with Crippen LogP contribution in [-0.2, 0) is 14.8 Å². The summed E-state index contributed by atoms with van der Waals surface area (Å²) in [7, 11) is -3.61. The normalized spacial score (nSPS) is 18.9. The van der Waals surface area contributed by atoms with Crippen molar-refractivity contribution in [2.75, 3.05) is 18.9 Å². The van der Waals surface area contributed by atoms with Gasteiger partial charge in [-0.25, -0.2) is 13.1 Å². The Balaban J connectivity index is 1.98. The van der Waals surface area contributed by atoms with Crippen LogP contribution < -0.4 is 10.5 Å². The van der Waals surface area contributed by atoms with Gasteiger partial charge in [-0.2, -0.15) is 0 Å². The molecule has 2 heterocycles. The van der Waals surface area contributed by atoms with E-state index >= 15 is 0 Å². The summed E-state index contributed by atoms with van der Waals surface area (Å²) < 4.78 is 33.5. The first-order valence-corrected chi connectivity index (χ1v) is 8.36. The summed E-state index contributed by atoms with van der Waals surface area (Å²) in [5.74, 6) is 0. The van der Waals surface area contributed by atoms with E-state index in [0.717, 1.165) is 5.52 Å². The molecule has 21 heavy (non-hydrogen) atoms. The summed E-state index contributed by atoms with van der Waals surface area (Å²) in [6, 6.07) is 5.19. The van der Waals surface area contributed by atoms with Crippen LogP contribution in [0.25, 0.3) is 10.9 Å². The number of fused-ring (bicyclic) bond motifs is 1. The SMILES string of the molecule is CC1(NS(=O)(=O)c2c[nH]c3ccc(N)cc23)CCOCC1. The van der Waals surface area contributed by atoms with E-state index in [1.54, 1.807) is 18.2 Å². The van der Waals surface area contributed by atoms with Crippen LogP contribution in [0.3, 0.4) is 0 Å². The first-order chi connectivity index (χ1) is 9.90. The van der Waals surface area contributed by atoms with Crippen molar-refractivity contribution in [1.29, 1.82) is 0 Å². The average Bonchev–Trinajstić information content (AvgIpc) is 2.82. The molecule has 0 aliphatic carbocycles. The minimum Gasteiger partial charge on any atom is -0.399 e. The second-order valence-corrected chi connectivity index (χ2v) is 7.39. The molecule has 4 N–H and O–H groups in total. The Hall–Kier alpha value is -1.57. The van der Waals surface area contributed by atoms with Crippen molar-refractivity contribution in [3.05, 3.63) is 24.4 Å². The van der Waals surface area contributed by atoms with Crippen LogP contribution in [0, 0.1) is 0 Å². The number of hydrogen-bond donors (Lipinski definition) is 3. The Kier molecular flexibility index (Phi) is 3.43. The molecule has 1 fully saturated rings. The highest BCUT2D eigenvalue weighted by Gasteiger charge is 2.33. The third-order valence-electron chi connectivity index (χ3n) is 3.93. The Morgan fingerprint density at radius 2 is 2.05 bits per heavy atom. The number of anilines is 1. The number of hydrogen-bond acceptors (Lipinski definition) is 4. The van der Waals surface area contributed by atoms with Gasteiger partial charge in [-0.05, 0) is 38.0 Å². The molecule has 0 amide bonds. The predicted molar refractivity (Wildman–Crippen MR) is 81.5 cm³/mol. The smallest absolute Gasteiger partial charge is 0.243 e. The quantitative estimate of drug-likeness (QED) is 0.750. The maximum Gasteiger partial charge on any atom is 0.243 e. The van der Waals surface area contributed by atoms with E-state index in [0.29, 0.717) is 37.1 Å². The molecular formula is C14H19N3O3S. The lowest BCUT2D eigenvalue weighted by atomic mass is 9.94. The Morgan fingerprint density at radius 3 is 2.76 bits per heavy atom. The lowest BCUT2D eigenvalue weighted by Gasteiger charge is -2.33. The number of H-pyrrole nitrogens is 1. The molecule has 0 bridgehead atoms. The zero-order valence-corrected chi connectivity index (χ0v) is 12.7. The molecule has 1 saturated heterocycles. The number of rotatable bonds is 3. The van der Waals surface area contributed by atoms with Crippen molar-refractivity contribution < 1.29 is 13.2 Å². The molecule has 6 nitrogen and oxygen atoms in total. The molecule has 3 rings (SSSR count). The summed E-state index contributed by atoms with van der Waals surface area (Å²) in [6.45, 7) is 3.05. The maximum atomic E-state index is 12.7. The summed E-state index contributed by atoms with van der Waals surface area (Å²) >= 11 is 0. The van der Waals surface area contributed by atoms with Gasteiger partial charge in [0.2, 0.25) is 10.0 Å². The molecule has 1 aromatic carbocycles. The van der Waals surface area contributed by atoms with Gasteiger partial charge in [-0.15, -0.1) is 0 Å². The number of sulfonamides is 1. The Bertz CT molecular complexity index is 761. The number of aromatic nitrogens is 1. The van der Waals surface area contributed by atoms with Crippen LogP contribution in [0.4, 0.5) is 5.69 Å². The van der Waals surface area contributed by atoms with E-state index in [4.69, 9.17) is 10.5 Å². The predicted octanol–water partition coefficient (Wildman–Crippen LogP) is 1.60. The molecule has 1 aliphatic rings. The number of nitrogen functional groups attached to an aromatic ring is 1. The van der Waals surface area contributed by atoms with Crippen LogP contribution in [-0.4, -0.2) is 32.2 Å². The summed E-state index contributed by atoms with van der Waals surface area (Å²) in [4.78, 5) is 3.21. The number of nitrogens with two attached hydrogens (primary N) is 1. The van der Waals surface area contributed by atoms with Gasteiger partial charge in [-0.1, -0.05) is 0 Å². The monoisotopic (exact) mass is 309 g/mol. The van der Waals surface area contributed by atoms with E-state index < -0.39 is 15.6 Å². The van der Waals surface area contributed by atoms with E-state index in [1.165, 1.54) is 6.20 Å². The highest BCUT2D eigenvalue weighted by Crippen LogP contribution is 2.28. The van der Waals surface area contributed by atoms with Crippen LogP contribution in [0.15, 0.2) is 29.3 Å². The molecule has 1 aromatic heterocycles. The van der Waals surface area contributed by atoms with Gasteiger partial charge in [0.25, 0.3) is 0 Å². The van der Waals surface area contributed by atoms with E-state index in [1.807, 2.05) is 6.92 Å². The van der Waals surface area contributed by atoms with Crippen molar-refractivity contribution in [3.8, 4) is 0 Å². The number of ether oxygens (including phenoxy) is 1. The van der Waals surface area contributed by atoms with Crippen LogP contribution in [0.1, 0.15) is 19.8 Å². The fraction of sp³-hybridized carbons (Fsp3) is 0.429. The summed E-state index contributed by atoms with van der Waals surface area (Å²) in [5.41, 5.74) is 6.58. The van der Waals surface area contributed by atoms with Crippen molar-refractivity contribution in [2.45, 2.75) is 30.2 Å². The molecule has 0 spiro atoms. The lowest BCUT2D eigenvalue weighted by molar-refractivity contribution is 0.0537. The molecule has 2 aromatic rings. The fourth-order valence-electron chi connectivity index (χ4n) is 2.64. The molecule has 0 radical (unpaired) electrons. The van der Waals surface area contributed by atoms with Gasteiger partial charge >= 0.3 is 0 Å². The van der Waals surface area contributed by atoms with Gasteiger partial charge in [-0.3, -0.25) is 0 Å². The second-order valence-electron chi connectivity index (χ2n) is 5.74. The molecular weight excluding hydrogens is 290 g/mol. The molecule has 0 unspecified atom stereocenters. The third-order valence-corrected chi connectivity index (χ3v) is 5.61. The average molecular weight is 309 g/mol. The first kappa shape index (κ1) is 14.4. The van der Waals surface area contributed by atoms with Crippen LogP contribution in [0.5, 0.6) is 0 Å². The third kappa shape index (κ3) is 2.76. The van der Waals surface area contributed by atoms with Gasteiger partial charge < -0.3 is 15.5 Å². The van der Waals surface area contributed by atoms with Crippen LogP contribution >= 0.6 is 0 Å². The minimum atomic E-state index is -3.61. The summed E-state index contributed by atoms with van der Waals surface area (Å²) in [6.07, 6.45) is 2.84. The number of benzene rings is 1. The summed E-state index contributed by atoms with van der Waals surface area (Å²) in [5, 5.41) is 0.609. The number of aromatic amines is 1. The van der Waals surface area contributed by atoms with Crippen molar-refractivity contribution >= 4 is 26.6 Å². The molecule has 0 saturated carbocycles. The maximum absolute atomic E-state index is 12.7. The highest BCUT2D eigenvalue weighted by atomic mass is 32.2. The van der Waals surface area contributed by atoms with E-state index in [-0.39, 0.29) is 4.90 Å². The molecule has 7 heteroatoms. The largest absolute Gasteiger partial charge is 0.399 e. The molecule has 114 valence electrons. The van der Waals surface area contributed by atoms with Crippen molar-refractivity contribution in [3.63, 3.8) is 0 Å². The molecule has 1 aliphatic heterocycles. The van der Waals surface area contributed by atoms with Gasteiger partial charge in [0.05, 0.1) is 0 Å². The highest BCUT2D eigenvalue weighted by molar-refractivity contribution is 7.89. The second kappa shape index (κ2) is 5.01. The topological polar surface area (TPSA) is 97.2 Å². The van der Waals surface area contributed by atoms with Gasteiger partial charge in [0.15, 0.2) is 0 Å². The van der Waals surface area contributed by atoms with E-state index in [9.17, 15) is 8.42 Å². The number of nitrogens with one attached hydrogen (secondary N) is 2. The van der Waals surface area contributed by atoms with Crippen molar-refractivity contribution in [2.24, 2.45) is 0 Å². The van der Waals surface area contributed by atoms with Crippen LogP contribution in [0.2, 0.25) is 0 Å². The minimum absolute atomic E-state index is 0.234. The zero-order valence-electron chi connectivity index (χ0n) is 11.8. The van der Waals surface area contributed by atoms with Crippen molar-refractivity contribution in [1.82, 2.24) is 9.71 Å². The first-order valence-electron chi connectivity index (χ1n) is 6.88.